The molecule has 2 rings (SSSR count). The van der Waals surface area contributed by atoms with Crippen LogP contribution in [0, 0.1) is 10.1 Å². The smallest absolute Gasteiger partial charge is 0.422 e. The van der Waals surface area contributed by atoms with Crippen molar-refractivity contribution in [3.05, 3.63) is 58.1 Å². The summed E-state index contributed by atoms with van der Waals surface area (Å²) in [6.45, 7) is -1.64. The molecule has 0 saturated carbocycles. The first-order valence-electron chi connectivity index (χ1n) is 7.46. The molecular formula is C16H13F3N2O6S. The SMILES string of the molecule is CS(=O)(=O)c1cccc(NC(=O)c2cc(OCC(F)(F)F)ccc2[N+](=O)[O-])c1. The van der Waals surface area contributed by atoms with Crippen molar-refractivity contribution in [3.8, 4) is 5.75 Å². The Labute approximate surface area is 157 Å². The van der Waals surface area contributed by atoms with E-state index in [-0.39, 0.29) is 10.6 Å². The lowest BCUT2D eigenvalue weighted by Crippen LogP contribution is -2.20. The number of carbonyl (C=O) groups is 1. The summed E-state index contributed by atoms with van der Waals surface area (Å²) in [5, 5.41) is 13.4. The number of amides is 1. The van der Waals surface area contributed by atoms with E-state index in [1.165, 1.54) is 18.2 Å². The zero-order chi connectivity index (χ0) is 21.1. The second kappa shape index (κ2) is 7.84. The largest absolute Gasteiger partial charge is 0.484 e. The standard InChI is InChI=1S/C16H13F3N2O6S/c1-28(25,26)12-4-2-3-10(7-12)20-15(22)13-8-11(27-9-16(17,18)19)5-6-14(13)21(23)24/h2-8H,9H2,1H3,(H,20,22). The number of anilines is 1. The van der Waals surface area contributed by atoms with Crippen molar-refractivity contribution >= 4 is 27.1 Å². The zero-order valence-corrected chi connectivity index (χ0v) is 15.0. The summed E-state index contributed by atoms with van der Waals surface area (Å²) in [6, 6.07) is 7.71. The summed E-state index contributed by atoms with van der Waals surface area (Å²) in [7, 11) is -3.56. The van der Waals surface area contributed by atoms with Gasteiger partial charge in [0.15, 0.2) is 16.4 Å². The van der Waals surface area contributed by atoms with Crippen LogP contribution in [0.1, 0.15) is 10.4 Å². The summed E-state index contributed by atoms with van der Waals surface area (Å²) in [5.74, 6) is -1.41. The Morgan fingerprint density at radius 2 is 1.89 bits per heavy atom. The number of rotatable bonds is 6. The van der Waals surface area contributed by atoms with E-state index in [1.807, 2.05) is 0 Å². The molecular weight excluding hydrogens is 405 g/mol. The Morgan fingerprint density at radius 1 is 1.21 bits per heavy atom. The summed E-state index contributed by atoms with van der Waals surface area (Å²) >= 11 is 0. The third kappa shape index (κ3) is 5.67. The lowest BCUT2D eigenvalue weighted by atomic mass is 10.1. The number of nitro benzene ring substituents is 1. The molecule has 150 valence electrons. The van der Waals surface area contributed by atoms with Gasteiger partial charge in [-0.3, -0.25) is 14.9 Å². The van der Waals surface area contributed by atoms with Gasteiger partial charge in [0.1, 0.15) is 11.3 Å². The minimum absolute atomic E-state index is 0.0313. The highest BCUT2D eigenvalue weighted by molar-refractivity contribution is 7.90. The first-order valence-corrected chi connectivity index (χ1v) is 9.35. The van der Waals surface area contributed by atoms with Gasteiger partial charge in [-0.2, -0.15) is 13.2 Å². The van der Waals surface area contributed by atoms with Gasteiger partial charge in [-0.05, 0) is 30.3 Å². The number of benzene rings is 2. The number of nitrogens with one attached hydrogen (secondary N) is 1. The van der Waals surface area contributed by atoms with E-state index >= 15 is 0 Å². The molecule has 0 radical (unpaired) electrons. The molecule has 0 spiro atoms. The Kier molecular flexibility index (Phi) is 5.92. The topological polar surface area (TPSA) is 116 Å². The molecule has 0 aliphatic carbocycles. The Morgan fingerprint density at radius 3 is 2.46 bits per heavy atom. The van der Waals surface area contributed by atoms with Crippen LogP contribution in [0.2, 0.25) is 0 Å². The number of nitrogens with zero attached hydrogens (tertiary/aromatic N) is 1. The lowest BCUT2D eigenvalue weighted by molar-refractivity contribution is -0.385. The number of halogens is 3. The lowest BCUT2D eigenvalue weighted by Gasteiger charge is -2.11. The molecule has 0 heterocycles. The van der Waals surface area contributed by atoms with E-state index < -0.39 is 50.5 Å². The minimum atomic E-state index is -4.63. The molecule has 2 aromatic carbocycles. The molecule has 28 heavy (non-hydrogen) atoms. The van der Waals surface area contributed by atoms with E-state index in [1.54, 1.807) is 0 Å². The Balaban J connectivity index is 2.34. The first-order chi connectivity index (χ1) is 12.9. The van der Waals surface area contributed by atoms with Gasteiger partial charge in [0, 0.05) is 18.0 Å². The van der Waals surface area contributed by atoms with Crippen molar-refractivity contribution in [1.29, 1.82) is 0 Å². The molecule has 0 bridgehead atoms. The van der Waals surface area contributed by atoms with Crippen LogP contribution in [0.3, 0.4) is 0 Å². The number of alkyl halides is 3. The van der Waals surface area contributed by atoms with Gasteiger partial charge < -0.3 is 10.1 Å². The fourth-order valence-electron chi connectivity index (χ4n) is 2.11. The van der Waals surface area contributed by atoms with E-state index in [4.69, 9.17) is 0 Å². The fourth-order valence-corrected chi connectivity index (χ4v) is 2.78. The quantitative estimate of drug-likeness (QED) is 0.569. The molecule has 2 aromatic rings. The predicted octanol–water partition coefficient (Wildman–Crippen LogP) is 3.19. The molecule has 0 unspecified atom stereocenters. The summed E-state index contributed by atoms with van der Waals surface area (Å²) in [5.41, 5.74) is -1.17. The highest BCUT2D eigenvalue weighted by Gasteiger charge is 2.29. The van der Waals surface area contributed by atoms with Crippen molar-refractivity contribution in [3.63, 3.8) is 0 Å². The maximum absolute atomic E-state index is 12.4. The maximum Gasteiger partial charge on any atom is 0.422 e. The van der Waals surface area contributed by atoms with E-state index in [0.717, 1.165) is 30.5 Å². The maximum atomic E-state index is 12.4. The van der Waals surface area contributed by atoms with Crippen molar-refractivity contribution in [2.24, 2.45) is 0 Å². The predicted molar refractivity (Wildman–Crippen MR) is 92.2 cm³/mol. The number of hydrogen-bond acceptors (Lipinski definition) is 6. The normalized spacial score (nSPS) is 11.7. The molecule has 0 fully saturated rings. The third-order valence-corrected chi connectivity index (χ3v) is 4.44. The van der Waals surface area contributed by atoms with Gasteiger partial charge in [0.05, 0.1) is 9.82 Å². The monoisotopic (exact) mass is 418 g/mol. The van der Waals surface area contributed by atoms with Crippen LogP contribution in [-0.2, 0) is 9.84 Å². The summed E-state index contributed by atoms with van der Waals surface area (Å²) in [4.78, 5) is 22.6. The number of nitro groups is 1. The molecule has 0 aliphatic rings. The fraction of sp³-hybridized carbons (Fsp3) is 0.188. The number of ether oxygens (including phenoxy) is 1. The highest BCUT2D eigenvalue weighted by atomic mass is 32.2. The van der Waals surface area contributed by atoms with Crippen LogP contribution in [0.4, 0.5) is 24.5 Å². The highest BCUT2D eigenvalue weighted by Crippen LogP contribution is 2.27. The molecule has 8 nitrogen and oxygen atoms in total. The Bertz CT molecular complexity index is 1020. The molecule has 0 aromatic heterocycles. The van der Waals surface area contributed by atoms with Crippen LogP contribution in [0.15, 0.2) is 47.4 Å². The van der Waals surface area contributed by atoms with Crippen molar-refractivity contribution in [1.82, 2.24) is 0 Å². The second-order valence-electron chi connectivity index (χ2n) is 5.59. The van der Waals surface area contributed by atoms with Gasteiger partial charge >= 0.3 is 6.18 Å². The van der Waals surface area contributed by atoms with Gasteiger partial charge in [-0.15, -0.1) is 0 Å². The number of carbonyl (C=O) groups excluding carboxylic acids is 1. The minimum Gasteiger partial charge on any atom is -0.484 e. The van der Waals surface area contributed by atoms with Crippen molar-refractivity contribution in [2.75, 3.05) is 18.2 Å². The van der Waals surface area contributed by atoms with Gasteiger partial charge in [-0.25, -0.2) is 8.42 Å². The number of hydrogen-bond donors (Lipinski definition) is 1. The second-order valence-corrected chi connectivity index (χ2v) is 7.61. The van der Waals surface area contributed by atoms with E-state index in [0.29, 0.717) is 0 Å². The van der Waals surface area contributed by atoms with E-state index in [2.05, 4.69) is 10.1 Å². The van der Waals surface area contributed by atoms with Crippen LogP contribution in [0.5, 0.6) is 5.75 Å². The van der Waals surface area contributed by atoms with Crippen molar-refractivity contribution in [2.45, 2.75) is 11.1 Å². The van der Waals surface area contributed by atoms with Crippen LogP contribution in [-0.4, -0.2) is 38.3 Å². The summed E-state index contributed by atoms with van der Waals surface area (Å²) < 4.78 is 64.4. The third-order valence-electron chi connectivity index (χ3n) is 3.33. The first kappa shape index (κ1) is 21.2. The Hall–Kier alpha value is -3.15. The molecule has 0 aliphatic heterocycles. The molecule has 12 heteroatoms. The average molecular weight is 418 g/mol. The number of sulfone groups is 1. The van der Waals surface area contributed by atoms with Gasteiger partial charge in [0.25, 0.3) is 11.6 Å². The molecule has 0 atom stereocenters. The van der Waals surface area contributed by atoms with Crippen LogP contribution >= 0.6 is 0 Å². The van der Waals surface area contributed by atoms with Crippen LogP contribution < -0.4 is 10.1 Å². The average Bonchev–Trinajstić information content (AvgIpc) is 2.58. The van der Waals surface area contributed by atoms with Crippen LogP contribution in [0.25, 0.3) is 0 Å². The molecule has 1 N–H and O–H groups in total. The van der Waals surface area contributed by atoms with Gasteiger partial charge in [-0.1, -0.05) is 6.07 Å². The van der Waals surface area contributed by atoms with Crippen molar-refractivity contribution < 1.29 is 36.0 Å². The summed E-state index contributed by atoms with van der Waals surface area (Å²) in [6.07, 6.45) is -3.67. The van der Waals surface area contributed by atoms with E-state index in [9.17, 15) is 36.5 Å². The molecule has 1 amide bonds. The zero-order valence-electron chi connectivity index (χ0n) is 14.2. The van der Waals surface area contributed by atoms with Gasteiger partial charge in [0.2, 0.25) is 0 Å². The molecule has 0 saturated heterocycles.